The zero-order valence-electron chi connectivity index (χ0n) is 32.0. The highest BCUT2D eigenvalue weighted by Crippen LogP contribution is 2.43. The first-order chi connectivity index (χ1) is 23.0. The van der Waals surface area contributed by atoms with Gasteiger partial charge in [0.2, 0.25) is 0 Å². The molecule has 48 heavy (non-hydrogen) atoms. The summed E-state index contributed by atoms with van der Waals surface area (Å²) in [5.74, 6) is -0.791. The first-order valence-corrected chi connectivity index (χ1v) is 21.3. The number of likely N-dealkylation sites (N-methyl/N-ethyl adjacent to an activating group) is 1. The number of nitrogens with zero attached hydrogens (tertiary/aromatic N) is 1. The van der Waals surface area contributed by atoms with Crippen LogP contribution in [0.1, 0.15) is 181 Å². The number of carbonyl (C=O) groups excluding carboxylic acids is 2. The van der Waals surface area contributed by atoms with E-state index in [-0.39, 0.29) is 25.6 Å². The maximum Gasteiger partial charge on any atom is 0.472 e. The molecule has 0 heterocycles. The van der Waals surface area contributed by atoms with Crippen LogP contribution in [0, 0.1) is 0 Å². The Morgan fingerprint density at radius 3 is 1.33 bits per heavy atom. The monoisotopic (exact) mass is 707 g/mol. The fourth-order valence-electron chi connectivity index (χ4n) is 5.48. The Morgan fingerprint density at radius 2 is 0.938 bits per heavy atom. The van der Waals surface area contributed by atoms with Crippen LogP contribution in [-0.4, -0.2) is 74.9 Å². The molecule has 0 radical (unpaired) electrons. The van der Waals surface area contributed by atoms with Crippen LogP contribution in [0.15, 0.2) is 0 Å². The lowest BCUT2D eigenvalue weighted by Gasteiger charge is -2.24. The van der Waals surface area contributed by atoms with Crippen LogP contribution in [-0.2, 0) is 32.7 Å². The van der Waals surface area contributed by atoms with Crippen molar-refractivity contribution in [3.05, 3.63) is 0 Å². The van der Waals surface area contributed by atoms with E-state index in [4.69, 9.17) is 18.5 Å². The second-order valence-corrected chi connectivity index (χ2v) is 16.1. The Balaban J connectivity index is 4.37. The van der Waals surface area contributed by atoms with Gasteiger partial charge in [-0.15, -0.1) is 0 Å². The maximum atomic E-state index is 12.6. The molecule has 1 unspecified atom stereocenters. The highest BCUT2D eigenvalue weighted by molar-refractivity contribution is 7.47. The molecule has 0 rings (SSSR count). The molecule has 0 bridgehead atoms. The summed E-state index contributed by atoms with van der Waals surface area (Å²) < 4.78 is 34.1. The molecule has 0 amide bonds. The van der Waals surface area contributed by atoms with Crippen molar-refractivity contribution in [2.24, 2.45) is 0 Å². The lowest BCUT2D eigenvalue weighted by atomic mass is 10.0. The smallest absolute Gasteiger partial charge is 0.462 e. The largest absolute Gasteiger partial charge is 0.472 e. The van der Waals surface area contributed by atoms with Crippen LogP contribution in [0.5, 0.6) is 0 Å². The first kappa shape index (κ1) is 47.0. The normalized spacial score (nSPS) is 13.7. The Labute approximate surface area is 295 Å². The van der Waals surface area contributed by atoms with Gasteiger partial charge in [0, 0.05) is 12.8 Å². The fraction of sp³-hybridized carbons (Fsp3) is 0.947. The van der Waals surface area contributed by atoms with Gasteiger partial charge in [0.05, 0.1) is 27.7 Å². The van der Waals surface area contributed by atoms with Crippen molar-refractivity contribution in [3.63, 3.8) is 0 Å². The van der Waals surface area contributed by atoms with Crippen molar-refractivity contribution in [1.82, 2.24) is 0 Å². The van der Waals surface area contributed by atoms with E-state index < -0.39 is 26.5 Å². The Kier molecular flexibility index (Phi) is 31.3. The van der Waals surface area contributed by atoms with Crippen LogP contribution in [0.25, 0.3) is 0 Å². The zero-order valence-corrected chi connectivity index (χ0v) is 32.9. The van der Waals surface area contributed by atoms with Gasteiger partial charge >= 0.3 is 19.8 Å². The average Bonchev–Trinajstić information content (AvgIpc) is 3.02. The molecule has 2 atom stereocenters. The summed E-state index contributed by atoms with van der Waals surface area (Å²) in [4.78, 5) is 35.1. The predicted molar refractivity (Wildman–Crippen MR) is 197 cm³/mol. The summed E-state index contributed by atoms with van der Waals surface area (Å²) in [6.45, 7) is 4.42. The Bertz CT molecular complexity index is 804. The number of carbonyl (C=O) groups is 2. The van der Waals surface area contributed by atoms with Crippen molar-refractivity contribution in [3.8, 4) is 0 Å². The summed E-state index contributed by atoms with van der Waals surface area (Å²) in [5, 5.41) is 0. The quantitative estimate of drug-likeness (QED) is 0.0297. The van der Waals surface area contributed by atoms with Gasteiger partial charge < -0.3 is 18.9 Å². The number of unbranched alkanes of at least 4 members (excludes halogenated alkanes) is 22. The molecule has 0 saturated carbocycles. The molecular formula is C38H77NO8P+. The number of ether oxygens (including phenoxy) is 2. The van der Waals surface area contributed by atoms with Gasteiger partial charge in [0.1, 0.15) is 19.8 Å². The van der Waals surface area contributed by atoms with Gasteiger partial charge in [-0.05, 0) is 12.8 Å². The van der Waals surface area contributed by atoms with E-state index in [1.54, 1.807) is 0 Å². The van der Waals surface area contributed by atoms with Gasteiger partial charge in [-0.3, -0.25) is 18.6 Å². The van der Waals surface area contributed by atoms with Crippen LogP contribution in [0.4, 0.5) is 0 Å². The molecule has 0 saturated heterocycles. The topological polar surface area (TPSA) is 108 Å². The lowest BCUT2D eigenvalue weighted by Crippen LogP contribution is -2.37. The molecule has 1 N–H and O–H groups in total. The summed E-state index contributed by atoms with van der Waals surface area (Å²) in [6.07, 6.45) is 28.6. The summed E-state index contributed by atoms with van der Waals surface area (Å²) >= 11 is 0. The van der Waals surface area contributed by atoms with Gasteiger partial charge in [-0.1, -0.05) is 155 Å². The lowest BCUT2D eigenvalue weighted by molar-refractivity contribution is -0.870. The molecular weight excluding hydrogens is 629 g/mol. The first-order valence-electron chi connectivity index (χ1n) is 19.8. The van der Waals surface area contributed by atoms with Crippen molar-refractivity contribution < 1.29 is 42.1 Å². The second kappa shape index (κ2) is 32.0. The number of phosphoric ester groups is 1. The van der Waals surface area contributed by atoms with E-state index in [0.717, 1.165) is 32.1 Å². The zero-order chi connectivity index (χ0) is 35.8. The molecule has 286 valence electrons. The van der Waals surface area contributed by atoms with Gasteiger partial charge in [-0.2, -0.15) is 0 Å². The highest BCUT2D eigenvalue weighted by Gasteiger charge is 2.27. The molecule has 10 heteroatoms. The standard InChI is InChI=1S/C38H76NO8P/c1-6-8-10-12-14-16-18-19-20-21-23-24-26-28-30-37(40)44-34-36(35-46-48(42,43)45-33-32-39(3,4)5)47-38(41)31-29-27-25-22-17-15-13-11-9-7-2/h36H,6-35H2,1-5H3/p+1/t36-/m0/s1. The van der Waals surface area contributed by atoms with E-state index in [1.165, 1.54) is 116 Å². The third-order valence-electron chi connectivity index (χ3n) is 8.64. The van der Waals surface area contributed by atoms with Crippen molar-refractivity contribution in [1.29, 1.82) is 0 Å². The fourth-order valence-corrected chi connectivity index (χ4v) is 6.23. The van der Waals surface area contributed by atoms with E-state index in [2.05, 4.69) is 13.8 Å². The van der Waals surface area contributed by atoms with E-state index in [1.807, 2.05) is 21.1 Å². The van der Waals surface area contributed by atoms with Crippen molar-refractivity contribution >= 4 is 19.8 Å². The van der Waals surface area contributed by atoms with Gasteiger partial charge in [0.25, 0.3) is 0 Å². The highest BCUT2D eigenvalue weighted by atomic mass is 31.2. The number of esters is 2. The Morgan fingerprint density at radius 1 is 0.562 bits per heavy atom. The van der Waals surface area contributed by atoms with Crippen LogP contribution in [0.2, 0.25) is 0 Å². The summed E-state index contributed by atoms with van der Waals surface area (Å²) in [7, 11) is 1.49. The second-order valence-electron chi connectivity index (χ2n) is 14.7. The minimum absolute atomic E-state index is 0.0364. The van der Waals surface area contributed by atoms with E-state index in [9.17, 15) is 19.0 Å². The minimum atomic E-state index is -4.36. The predicted octanol–water partition coefficient (Wildman–Crippen LogP) is 10.5. The number of rotatable bonds is 36. The summed E-state index contributed by atoms with van der Waals surface area (Å²) in [6, 6.07) is 0. The van der Waals surface area contributed by atoms with Gasteiger partial charge in [0.15, 0.2) is 6.10 Å². The van der Waals surface area contributed by atoms with Crippen LogP contribution < -0.4 is 0 Å². The van der Waals surface area contributed by atoms with Crippen LogP contribution in [0.3, 0.4) is 0 Å². The molecule has 0 aliphatic carbocycles. The number of hydrogen-bond donors (Lipinski definition) is 1. The SMILES string of the molecule is CCCCCCCCCCCCCCCCC(=O)OC[C@@H](COP(=O)(O)OCC[N+](C)(C)C)OC(=O)CCCCCCCCCCCC. The molecule has 0 aliphatic rings. The number of quaternary nitrogens is 1. The number of hydrogen-bond acceptors (Lipinski definition) is 7. The molecule has 9 nitrogen and oxygen atoms in total. The third kappa shape index (κ3) is 34.9. The van der Waals surface area contributed by atoms with Gasteiger partial charge in [-0.25, -0.2) is 4.57 Å². The minimum Gasteiger partial charge on any atom is -0.462 e. The third-order valence-corrected chi connectivity index (χ3v) is 9.62. The van der Waals surface area contributed by atoms with Crippen LogP contribution >= 0.6 is 7.82 Å². The maximum absolute atomic E-state index is 12.6. The van der Waals surface area contributed by atoms with E-state index >= 15 is 0 Å². The Hall–Kier alpha value is -0.990. The average molecular weight is 707 g/mol. The molecule has 0 spiro atoms. The molecule has 0 fully saturated rings. The molecule has 0 aromatic rings. The number of phosphoric acid groups is 1. The van der Waals surface area contributed by atoms with E-state index in [0.29, 0.717) is 23.9 Å². The van der Waals surface area contributed by atoms with Crippen molar-refractivity contribution in [2.75, 3.05) is 47.5 Å². The molecule has 0 aromatic carbocycles. The molecule has 0 aromatic heterocycles. The molecule has 0 aliphatic heterocycles. The summed E-state index contributed by atoms with van der Waals surface area (Å²) in [5.41, 5.74) is 0. The van der Waals surface area contributed by atoms with Crippen molar-refractivity contribution in [2.45, 2.75) is 187 Å².